The zero-order valence-corrected chi connectivity index (χ0v) is 12.7. The van der Waals surface area contributed by atoms with Gasteiger partial charge in [-0.1, -0.05) is 33.3 Å². The van der Waals surface area contributed by atoms with Crippen molar-refractivity contribution >= 4 is 38.8 Å². The molecule has 0 radical (unpaired) electrons. The molecule has 3 N–H and O–H groups in total. The third kappa shape index (κ3) is 3.74. The van der Waals surface area contributed by atoms with E-state index in [0.29, 0.717) is 29.7 Å². The fraction of sp³-hybridized carbons (Fsp3) is 0.250. The molecule has 0 aliphatic rings. The van der Waals surface area contributed by atoms with E-state index in [9.17, 15) is 0 Å². The number of benzene rings is 1. The normalized spacial score (nSPS) is 10.4. The molecule has 2 aromatic rings. The highest BCUT2D eigenvalue weighted by Crippen LogP contribution is 2.21. The summed E-state index contributed by atoms with van der Waals surface area (Å²) < 4.78 is 5.98. The third-order valence-electron chi connectivity index (χ3n) is 2.47. The number of thiocarbonyl (C=S) groups is 1. The van der Waals surface area contributed by atoms with E-state index >= 15 is 0 Å². The molecule has 0 spiro atoms. The van der Waals surface area contributed by atoms with Crippen LogP contribution >= 0.6 is 28.1 Å². The van der Waals surface area contributed by atoms with Gasteiger partial charge in [-0.2, -0.15) is 4.98 Å². The Labute approximate surface area is 124 Å². The smallest absolute Gasteiger partial charge is 0.228 e. The van der Waals surface area contributed by atoms with Gasteiger partial charge in [-0.25, -0.2) is 0 Å². The summed E-state index contributed by atoms with van der Waals surface area (Å²) in [6.45, 7) is 2.46. The summed E-state index contributed by atoms with van der Waals surface area (Å²) in [5.41, 5.74) is 7.41. The van der Waals surface area contributed by atoms with Gasteiger partial charge in [-0.05, 0) is 25.1 Å². The van der Waals surface area contributed by atoms with Crippen LogP contribution in [-0.2, 0) is 6.42 Å². The van der Waals surface area contributed by atoms with Gasteiger partial charge in [0, 0.05) is 28.7 Å². The van der Waals surface area contributed by atoms with Gasteiger partial charge < -0.3 is 15.6 Å². The quantitative estimate of drug-likeness (QED) is 0.814. The lowest BCUT2D eigenvalue weighted by molar-refractivity contribution is 0.377. The minimum absolute atomic E-state index is 0.359. The van der Waals surface area contributed by atoms with E-state index in [1.807, 2.05) is 18.2 Å². The Morgan fingerprint density at radius 3 is 2.95 bits per heavy atom. The fourth-order valence-electron chi connectivity index (χ4n) is 1.62. The molecule has 7 heteroatoms. The summed E-state index contributed by atoms with van der Waals surface area (Å²) in [7, 11) is 0. The van der Waals surface area contributed by atoms with Crippen molar-refractivity contribution in [1.82, 2.24) is 10.1 Å². The molecule has 0 saturated carbocycles. The predicted octanol–water partition coefficient (Wildman–Crippen LogP) is 2.43. The number of aryl methyl sites for hydroxylation is 1. The monoisotopic (exact) mass is 340 g/mol. The number of nitrogens with zero attached hydrogens (tertiary/aromatic N) is 2. The van der Waals surface area contributed by atoms with Crippen LogP contribution < -0.4 is 11.1 Å². The highest BCUT2D eigenvalue weighted by atomic mass is 79.9. The van der Waals surface area contributed by atoms with Gasteiger partial charge in [0.05, 0.1) is 0 Å². The van der Waals surface area contributed by atoms with Crippen LogP contribution in [-0.4, -0.2) is 21.7 Å². The van der Waals surface area contributed by atoms with E-state index in [1.54, 1.807) is 6.92 Å². The van der Waals surface area contributed by atoms with Gasteiger partial charge in [-0.15, -0.1) is 0 Å². The first-order chi connectivity index (χ1) is 9.06. The lowest BCUT2D eigenvalue weighted by Gasteiger charge is -2.10. The summed E-state index contributed by atoms with van der Waals surface area (Å²) in [4.78, 5) is 4.50. The first-order valence-electron chi connectivity index (χ1n) is 5.68. The number of halogens is 1. The number of hydrogen-bond donors (Lipinski definition) is 2. The summed E-state index contributed by atoms with van der Waals surface area (Å²) in [5, 5.41) is 7.00. The predicted molar refractivity (Wildman–Crippen MR) is 81.3 cm³/mol. The zero-order chi connectivity index (χ0) is 13.8. The van der Waals surface area contributed by atoms with Crippen molar-refractivity contribution in [3.63, 3.8) is 0 Å². The SMILES string of the molecule is Cc1noc(CCNc2ccc(Br)cc2C(N)=S)n1. The molecule has 1 aromatic heterocycles. The Morgan fingerprint density at radius 1 is 1.53 bits per heavy atom. The molecule has 2 rings (SSSR count). The summed E-state index contributed by atoms with van der Waals surface area (Å²) >= 11 is 8.43. The molecule has 0 aliphatic carbocycles. The van der Waals surface area contributed by atoms with Crippen LogP contribution in [0.5, 0.6) is 0 Å². The zero-order valence-electron chi connectivity index (χ0n) is 10.3. The molecule has 0 saturated heterocycles. The van der Waals surface area contributed by atoms with Crippen molar-refractivity contribution in [1.29, 1.82) is 0 Å². The van der Waals surface area contributed by atoms with Crippen LogP contribution in [0.4, 0.5) is 5.69 Å². The molecule has 0 aliphatic heterocycles. The minimum atomic E-state index is 0.359. The van der Waals surface area contributed by atoms with Crippen molar-refractivity contribution in [2.75, 3.05) is 11.9 Å². The summed E-state index contributed by atoms with van der Waals surface area (Å²) in [5.74, 6) is 1.25. The van der Waals surface area contributed by atoms with E-state index in [-0.39, 0.29) is 0 Å². The van der Waals surface area contributed by atoms with Gasteiger partial charge in [0.2, 0.25) is 5.89 Å². The molecule has 0 unspecified atom stereocenters. The van der Waals surface area contributed by atoms with Crippen LogP contribution in [0.15, 0.2) is 27.2 Å². The van der Waals surface area contributed by atoms with Gasteiger partial charge in [-0.3, -0.25) is 0 Å². The van der Waals surface area contributed by atoms with Crippen molar-refractivity contribution in [3.05, 3.63) is 40.0 Å². The molecule has 0 fully saturated rings. The summed E-state index contributed by atoms with van der Waals surface area (Å²) in [6, 6.07) is 5.75. The molecule has 5 nitrogen and oxygen atoms in total. The Kier molecular flexibility index (Phi) is 4.49. The second-order valence-corrected chi connectivity index (χ2v) is 5.32. The maximum absolute atomic E-state index is 5.70. The summed E-state index contributed by atoms with van der Waals surface area (Å²) in [6.07, 6.45) is 0.647. The van der Waals surface area contributed by atoms with Gasteiger partial charge >= 0.3 is 0 Å². The Bertz CT molecular complexity index is 599. The van der Waals surface area contributed by atoms with Crippen LogP contribution in [0, 0.1) is 6.92 Å². The topological polar surface area (TPSA) is 77.0 Å². The van der Waals surface area contributed by atoms with Crippen LogP contribution in [0.2, 0.25) is 0 Å². The number of nitrogens with two attached hydrogens (primary N) is 1. The molecule has 100 valence electrons. The number of anilines is 1. The lowest BCUT2D eigenvalue weighted by Crippen LogP contribution is -2.14. The highest BCUT2D eigenvalue weighted by molar-refractivity contribution is 9.10. The Morgan fingerprint density at radius 2 is 2.32 bits per heavy atom. The van der Waals surface area contributed by atoms with Gasteiger partial charge in [0.25, 0.3) is 0 Å². The number of rotatable bonds is 5. The molecule has 0 atom stereocenters. The average molecular weight is 341 g/mol. The standard InChI is InChI=1S/C12H13BrN4OS/c1-7-16-11(18-17-7)4-5-15-10-3-2-8(13)6-9(10)12(14)19/h2-3,6,15H,4-5H2,1H3,(H2,14,19). The van der Waals surface area contributed by atoms with E-state index in [0.717, 1.165) is 15.7 Å². The van der Waals surface area contributed by atoms with Crippen LogP contribution in [0.1, 0.15) is 17.3 Å². The van der Waals surface area contributed by atoms with Gasteiger partial charge in [0.1, 0.15) is 4.99 Å². The van der Waals surface area contributed by atoms with E-state index < -0.39 is 0 Å². The fourth-order valence-corrected chi connectivity index (χ4v) is 2.15. The lowest BCUT2D eigenvalue weighted by atomic mass is 10.1. The largest absolute Gasteiger partial charge is 0.389 e. The van der Waals surface area contributed by atoms with Crippen molar-refractivity contribution in [2.24, 2.45) is 5.73 Å². The minimum Gasteiger partial charge on any atom is -0.389 e. The molecule has 0 bridgehead atoms. The third-order valence-corrected chi connectivity index (χ3v) is 3.18. The highest BCUT2D eigenvalue weighted by Gasteiger charge is 2.07. The number of nitrogens with one attached hydrogen (secondary N) is 1. The second kappa shape index (κ2) is 6.12. The molecular weight excluding hydrogens is 328 g/mol. The molecule has 1 heterocycles. The van der Waals surface area contributed by atoms with Crippen LogP contribution in [0.3, 0.4) is 0 Å². The van der Waals surface area contributed by atoms with Crippen molar-refractivity contribution in [3.8, 4) is 0 Å². The maximum atomic E-state index is 5.70. The number of hydrogen-bond acceptors (Lipinski definition) is 5. The first kappa shape index (κ1) is 14.0. The van der Waals surface area contributed by atoms with Gasteiger partial charge in [0.15, 0.2) is 5.82 Å². The molecular formula is C12H13BrN4OS. The van der Waals surface area contributed by atoms with E-state index in [4.69, 9.17) is 22.5 Å². The second-order valence-electron chi connectivity index (χ2n) is 3.97. The average Bonchev–Trinajstić information content (AvgIpc) is 2.77. The number of aromatic nitrogens is 2. The van der Waals surface area contributed by atoms with E-state index in [2.05, 4.69) is 31.4 Å². The molecule has 19 heavy (non-hydrogen) atoms. The first-order valence-corrected chi connectivity index (χ1v) is 6.89. The van der Waals surface area contributed by atoms with Crippen LogP contribution in [0.25, 0.3) is 0 Å². The Balaban J connectivity index is 2.01. The Hall–Kier alpha value is -1.47. The van der Waals surface area contributed by atoms with Crippen molar-refractivity contribution in [2.45, 2.75) is 13.3 Å². The maximum Gasteiger partial charge on any atom is 0.228 e. The van der Waals surface area contributed by atoms with E-state index in [1.165, 1.54) is 0 Å². The van der Waals surface area contributed by atoms with Crippen molar-refractivity contribution < 1.29 is 4.52 Å². The molecule has 0 amide bonds. The molecule has 1 aromatic carbocycles.